The molecule has 1 aliphatic carbocycles. The molecule has 2 aromatic rings. The number of carbonyl (C=O) groups is 2. The Labute approximate surface area is 163 Å². The van der Waals surface area contributed by atoms with E-state index >= 15 is 0 Å². The Bertz CT molecular complexity index is 775. The number of pyridine rings is 1. The number of halogens is 1. The summed E-state index contributed by atoms with van der Waals surface area (Å²) in [5, 5.41) is 19.2. The largest absolute Gasteiger partial charge is 0.477 e. The molecule has 2 amide bonds. The van der Waals surface area contributed by atoms with Crippen LogP contribution in [0.25, 0.3) is 11.3 Å². The van der Waals surface area contributed by atoms with Crippen LogP contribution >= 0.6 is 12.4 Å². The Balaban J connectivity index is 0.00000261. The van der Waals surface area contributed by atoms with Crippen LogP contribution in [0, 0.1) is 0 Å². The highest BCUT2D eigenvalue weighted by Gasteiger charge is 2.28. The zero-order chi connectivity index (χ0) is 18.5. The van der Waals surface area contributed by atoms with Gasteiger partial charge in [-0.2, -0.15) is 0 Å². The molecule has 9 heteroatoms. The summed E-state index contributed by atoms with van der Waals surface area (Å²) in [6.07, 6.45) is 8.46. The summed E-state index contributed by atoms with van der Waals surface area (Å²) in [4.78, 5) is 27.9. The zero-order valence-corrected chi connectivity index (χ0v) is 15.8. The van der Waals surface area contributed by atoms with Crippen molar-refractivity contribution in [1.29, 1.82) is 0 Å². The van der Waals surface area contributed by atoms with Gasteiger partial charge in [0.15, 0.2) is 5.76 Å². The van der Waals surface area contributed by atoms with Crippen LogP contribution in [0.1, 0.15) is 61.2 Å². The van der Waals surface area contributed by atoms with E-state index < -0.39 is 12.0 Å². The summed E-state index contributed by atoms with van der Waals surface area (Å²) in [6, 6.07) is 2.59. The molecule has 1 aliphatic rings. The van der Waals surface area contributed by atoms with E-state index in [1.54, 1.807) is 25.3 Å². The van der Waals surface area contributed by atoms with Crippen molar-refractivity contribution >= 4 is 24.4 Å². The van der Waals surface area contributed by atoms with Crippen LogP contribution < -0.4 is 10.6 Å². The van der Waals surface area contributed by atoms with E-state index in [9.17, 15) is 14.7 Å². The van der Waals surface area contributed by atoms with Crippen LogP contribution in [0.2, 0.25) is 0 Å². The molecule has 3 N–H and O–H groups in total. The van der Waals surface area contributed by atoms with Crippen molar-refractivity contribution in [2.75, 3.05) is 0 Å². The molecular weight excluding hydrogens is 372 g/mol. The molecule has 0 spiro atoms. The first-order valence-corrected chi connectivity index (χ1v) is 8.76. The smallest absolute Gasteiger partial charge is 0.341 e. The molecule has 0 aromatic carbocycles. The van der Waals surface area contributed by atoms with Gasteiger partial charge in [-0.05, 0) is 31.9 Å². The number of rotatable bonds is 5. The summed E-state index contributed by atoms with van der Waals surface area (Å²) in [6.45, 7) is 1.67. The topological polar surface area (TPSA) is 117 Å². The van der Waals surface area contributed by atoms with Gasteiger partial charge in [-0.25, -0.2) is 9.59 Å². The molecule has 0 bridgehead atoms. The molecule has 1 saturated carbocycles. The summed E-state index contributed by atoms with van der Waals surface area (Å²) in [5.41, 5.74) is 0.671. The third kappa shape index (κ3) is 4.97. The van der Waals surface area contributed by atoms with Gasteiger partial charge in [0.25, 0.3) is 0 Å². The molecule has 27 heavy (non-hydrogen) atoms. The number of hydrogen-bond acceptors (Lipinski definition) is 5. The Morgan fingerprint density at radius 3 is 2.67 bits per heavy atom. The fourth-order valence-electron chi connectivity index (χ4n) is 3.24. The molecule has 0 unspecified atom stereocenters. The van der Waals surface area contributed by atoms with Crippen LogP contribution in [0.3, 0.4) is 0 Å². The lowest BCUT2D eigenvalue weighted by molar-refractivity contribution is 0.0693. The maximum Gasteiger partial charge on any atom is 0.341 e. The lowest BCUT2D eigenvalue weighted by Gasteiger charge is -2.23. The normalized spacial score (nSPS) is 15.4. The van der Waals surface area contributed by atoms with E-state index in [1.165, 1.54) is 12.6 Å². The number of aromatic carboxylic acids is 1. The van der Waals surface area contributed by atoms with E-state index in [1.807, 2.05) is 0 Å². The molecule has 1 fully saturated rings. The first kappa shape index (κ1) is 20.7. The number of aromatic nitrogens is 2. The average molecular weight is 395 g/mol. The SMILES string of the molecule is C[C@@H](NC(=O)NC1CCCCC1)c1onc(-c2cccnc2)c1C(=O)O.Cl. The van der Waals surface area contributed by atoms with Crippen molar-refractivity contribution in [1.82, 2.24) is 20.8 Å². The van der Waals surface area contributed by atoms with Crippen LogP contribution in [0.15, 0.2) is 29.0 Å². The molecule has 2 aromatic heterocycles. The second kappa shape index (κ2) is 9.36. The maximum absolute atomic E-state index is 12.2. The quantitative estimate of drug-likeness (QED) is 0.713. The van der Waals surface area contributed by atoms with E-state index in [2.05, 4.69) is 20.8 Å². The van der Waals surface area contributed by atoms with Crippen LogP contribution in [-0.2, 0) is 0 Å². The van der Waals surface area contributed by atoms with Crippen molar-refractivity contribution in [3.8, 4) is 11.3 Å². The molecule has 0 aliphatic heterocycles. The highest BCUT2D eigenvalue weighted by atomic mass is 35.5. The van der Waals surface area contributed by atoms with E-state index in [-0.39, 0.29) is 41.5 Å². The average Bonchev–Trinajstić information content (AvgIpc) is 3.08. The van der Waals surface area contributed by atoms with E-state index in [0.717, 1.165) is 25.7 Å². The summed E-state index contributed by atoms with van der Waals surface area (Å²) in [5.74, 6) is -1.06. The van der Waals surface area contributed by atoms with Crippen LogP contribution in [-0.4, -0.2) is 33.3 Å². The van der Waals surface area contributed by atoms with Crippen molar-refractivity contribution < 1.29 is 19.2 Å². The van der Waals surface area contributed by atoms with Crippen molar-refractivity contribution in [3.63, 3.8) is 0 Å². The third-order valence-electron chi connectivity index (χ3n) is 4.55. The minimum atomic E-state index is -1.17. The number of nitrogens with zero attached hydrogens (tertiary/aromatic N) is 2. The van der Waals surface area contributed by atoms with Gasteiger partial charge in [0.2, 0.25) is 0 Å². The van der Waals surface area contributed by atoms with Gasteiger partial charge in [-0.1, -0.05) is 24.4 Å². The lowest BCUT2D eigenvalue weighted by Crippen LogP contribution is -2.43. The van der Waals surface area contributed by atoms with E-state index in [0.29, 0.717) is 5.56 Å². The monoisotopic (exact) mass is 394 g/mol. The van der Waals surface area contributed by atoms with Gasteiger partial charge < -0.3 is 20.3 Å². The molecule has 3 rings (SSSR count). The lowest BCUT2D eigenvalue weighted by atomic mass is 9.96. The number of urea groups is 1. The second-order valence-electron chi connectivity index (χ2n) is 6.49. The zero-order valence-electron chi connectivity index (χ0n) is 15.0. The number of hydrogen-bond donors (Lipinski definition) is 3. The minimum Gasteiger partial charge on any atom is -0.477 e. The number of amides is 2. The Kier molecular flexibility index (Phi) is 7.18. The number of carboxylic acids is 1. The Morgan fingerprint density at radius 2 is 2.04 bits per heavy atom. The van der Waals surface area contributed by atoms with Crippen LogP contribution in [0.5, 0.6) is 0 Å². The van der Waals surface area contributed by atoms with Gasteiger partial charge in [0.05, 0.1) is 6.04 Å². The maximum atomic E-state index is 12.2. The van der Waals surface area contributed by atoms with Crippen molar-refractivity contribution in [2.45, 2.75) is 51.1 Å². The van der Waals surface area contributed by atoms with Gasteiger partial charge in [-0.3, -0.25) is 4.98 Å². The summed E-state index contributed by atoms with van der Waals surface area (Å²) < 4.78 is 5.26. The molecule has 0 radical (unpaired) electrons. The number of nitrogens with one attached hydrogen (secondary N) is 2. The Hall–Kier alpha value is -2.61. The predicted octanol–water partition coefficient (Wildman–Crippen LogP) is 3.55. The van der Waals surface area contributed by atoms with Gasteiger partial charge >= 0.3 is 12.0 Å². The summed E-state index contributed by atoms with van der Waals surface area (Å²) in [7, 11) is 0. The fraction of sp³-hybridized carbons (Fsp3) is 0.444. The van der Waals surface area contributed by atoms with Crippen molar-refractivity contribution in [3.05, 3.63) is 35.9 Å². The highest BCUT2D eigenvalue weighted by Crippen LogP contribution is 2.28. The van der Waals surface area contributed by atoms with E-state index in [4.69, 9.17) is 4.52 Å². The Morgan fingerprint density at radius 1 is 1.30 bits per heavy atom. The van der Waals surface area contributed by atoms with Crippen molar-refractivity contribution in [2.24, 2.45) is 0 Å². The molecular formula is C18H23ClN4O4. The minimum absolute atomic E-state index is 0. The first-order valence-electron chi connectivity index (χ1n) is 8.76. The summed E-state index contributed by atoms with van der Waals surface area (Å²) >= 11 is 0. The third-order valence-corrected chi connectivity index (χ3v) is 4.55. The standard InChI is InChI=1S/C18H22N4O4.ClH/c1-11(20-18(25)21-13-7-3-2-4-8-13)16-14(17(23)24)15(22-26-16)12-6-5-9-19-10-12;/h5-6,9-11,13H,2-4,7-8H2,1H3,(H,23,24)(H2,20,21,25);1H/t11-;/m1./s1. The first-order chi connectivity index (χ1) is 12.6. The second-order valence-corrected chi connectivity index (χ2v) is 6.49. The molecule has 8 nitrogen and oxygen atoms in total. The van der Waals surface area contributed by atoms with Gasteiger partial charge in [0.1, 0.15) is 11.3 Å². The molecule has 146 valence electrons. The fourth-order valence-corrected chi connectivity index (χ4v) is 3.24. The predicted molar refractivity (Wildman–Crippen MR) is 101 cm³/mol. The molecule has 2 heterocycles. The van der Waals surface area contributed by atoms with Crippen LogP contribution in [0.4, 0.5) is 4.79 Å². The van der Waals surface area contributed by atoms with Gasteiger partial charge in [-0.15, -0.1) is 12.4 Å². The number of carbonyl (C=O) groups excluding carboxylic acids is 1. The molecule has 1 atom stereocenters. The molecule has 0 saturated heterocycles. The highest BCUT2D eigenvalue weighted by molar-refractivity contribution is 5.96. The number of carboxylic acid groups (broad SMARTS) is 1. The van der Waals surface area contributed by atoms with Gasteiger partial charge in [0, 0.05) is 24.0 Å².